The molecule has 1 rings (SSSR count). The molecule has 1 saturated heterocycles. The van der Waals surface area contributed by atoms with Gasteiger partial charge in [0.25, 0.3) is 0 Å². The maximum Gasteiger partial charge on any atom is 0.331 e. The minimum Gasteiger partial charge on any atom is -0.478 e. The van der Waals surface area contributed by atoms with E-state index < -0.39 is 17.4 Å². The zero-order chi connectivity index (χ0) is 22.4. The van der Waals surface area contributed by atoms with Crippen LogP contribution < -0.4 is 5.32 Å². The van der Waals surface area contributed by atoms with Crippen LogP contribution in [0.15, 0.2) is 11.6 Å². The summed E-state index contributed by atoms with van der Waals surface area (Å²) in [6.07, 6.45) is 5.98. The smallest absolute Gasteiger partial charge is 0.331 e. The van der Waals surface area contributed by atoms with E-state index >= 15 is 0 Å². The number of hydrogen-bond donors (Lipinski definition) is 2. The standard InChI is InChI=1S/C22H39N3O4/c1-8-11-16(14-15(2)21(28)29)25(7)20(27)18(22(3,4)5)23-19(26)17-12-9-10-13-24(17)6/h14,16-18H,8-13H2,1-7H3,(H,23,26)(H,28,29)/t16-,17?,18+/m0/s1. The number of carboxylic acids is 1. The first-order valence-electron chi connectivity index (χ1n) is 10.6. The van der Waals surface area contributed by atoms with Gasteiger partial charge in [-0.1, -0.05) is 46.6 Å². The van der Waals surface area contributed by atoms with Crippen LogP contribution in [0.4, 0.5) is 0 Å². The summed E-state index contributed by atoms with van der Waals surface area (Å²) < 4.78 is 0. The SMILES string of the molecule is CCC[C@@H](C=C(C)C(=O)O)N(C)C(=O)[C@@H](NC(=O)C1CCCCN1C)C(C)(C)C. The molecule has 0 aromatic carbocycles. The highest BCUT2D eigenvalue weighted by Gasteiger charge is 2.38. The summed E-state index contributed by atoms with van der Waals surface area (Å²) in [4.78, 5) is 41.2. The van der Waals surface area contributed by atoms with E-state index in [1.165, 1.54) is 6.92 Å². The molecule has 1 aliphatic heterocycles. The number of aliphatic carboxylic acids is 1. The van der Waals surface area contributed by atoms with Crippen LogP contribution in [0.5, 0.6) is 0 Å². The fourth-order valence-corrected chi connectivity index (χ4v) is 3.70. The molecule has 0 spiro atoms. The Morgan fingerprint density at radius 1 is 1.28 bits per heavy atom. The number of likely N-dealkylation sites (N-methyl/N-ethyl adjacent to an activating group) is 2. The molecule has 2 N–H and O–H groups in total. The average Bonchev–Trinajstić information content (AvgIpc) is 2.63. The van der Waals surface area contributed by atoms with Crippen molar-refractivity contribution in [3.63, 3.8) is 0 Å². The third-order valence-corrected chi connectivity index (χ3v) is 5.68. The largest absolute Gasteiger partial charge is 0.478 e. The number of amides is 2. The van der Waals surface area contributed by atoms with Crippen molar-refractivity contribution in [2.45, 2.75) is 84.8 Å². The van der Waals surface area contributed by atoms with E-state index in [1.54, 1.807) is 18.0 Å². The lowest BCUT2D eigenvalue weighted by atomic mass is 9.85. The van der Waals surface area contributed by atoms with Crippen molar-refractivity contribution in [2.24, 2.45) is 5.41 Å². The summed E-state index contributed by atoms with van der Waals surface area (Å²) in [6.45, 7) is 10.2. The number of hydrogen-bond acceptors (Lipinski definition) is 4. The van der Waals surface area contributed by atoms with Gasteiger partial charge in [0.15, 0.2) is 0 Å². The minimum absolute atomic E-state index is 0.113. The lowest BCUT2D eigenvalue weighted by molar-refractivity contribution is -0.141. The fraction of sp³-hybridized carbons (Fsp3) is 0.773. The molecule has 7 nitrogen and oxygen atoms in total. The lowest BCUT2D eigenvalue weighted by Gasteiger charge is -2.38. The molecule has 0 aromatic rings. The molecule has 0 aromatic heterocycles. The molecule has 7 heteroatoms. The number of carbonyl (C=O) groups excluding carboxylic acids is 2. The second-order valence-electron chi connectivity index (χ2n) is 9.26. The molecule has 1 fully saturated rings. The van der Waals surface area contributed by atoms with E-state index in [4.69, 9.17) is 0 Å². The zero-order valence-electron chi connectivity index (χ0n) is 19.1. The van der Waals surface area contributed by atoms with Crippen LogP contribution in [-0.4, -0.2) is 71.5 Å². The van der Waals surface area contributed by atoms with Crippen LogP contribution >= 0.6 is 0 Å². The molecule has 1 heterocycles. The predicted octanol–water partition coefficient (Wildman–Crippen LogP) is 2.66. The first-order chi connectivity index (χ1) is 13.4. The van der Waals surface area contributed by atoms with Crippen molar-refractivity contribution in [1.29, 1.82) is 0 Å². The number of carbonyl (C=O) groups is 3. The Kier molecular flexibility index (Phi) is 9.33. The number of carboxylic acid groups (broad SMARTS) is 1. The average molecular weight is 410 g/mol. The molecule has 29 heavy (non-hydrogen) atoms. The number of rotatable bonds is 8. The van der Waals surface area contributed by atoms with Gasteiger partial charge in [0.1, 0.15) is 6.04 Å². The second kappa shape index (κ2) is 10.8. The summed E-state index contributed by atoms with van der Waals surface area (Å²) in [5.74, 6) is -1.30. The molecular formula is C22H39N3O4. The molecule has 0 aliphatic carbocycles. The molecular weight excluding hydrogens is 370 g/mol. The number of piperidine rings is 1. The van der Waals surface area contributed by atoms with Gasteiger partial charge in [-0.15, -0.1) is 0 Å². The normalized spacial score (nSPS) is 20.7. The van der Waals surface area contributed by atoms with E-state index in [1.807, 2.05) is 39.6 Å². The Hall–Kier alpha value is -1.89. The molecule has 0 saturated carbocycles. The van der Waals surface area contributed by atoms with Gasteiger partial charge in [0, 0.05) is 12.6 Å². The summed E-state index contributed by atoms with van der Waals surface area (Å²) in [5, 5.41) is 12.2. The van der Waals surface area contributed by atoms with Gasteiger partial charge in [0.05, 0.1) is 12.1 Å². The molecule has 1 aliphatic rings. The van der Waals surface area contributed by atoms with Crippen LogP contribution in [0.2, 0.25) is 0 Å². The zero-order valence-corrected chi connectivity index (χ0v) is 19.1. The Labute approximate surface area is 175 Å². The van der Waals surface area contributed by atoms with Crippen molar-refractivity contribution in [3.05, 3.63) is 11.6 Å². The number of nitrogens with one attached hydrogen (secondary N) is 1. The number of likely N-dealkylation sites (tertiary alicyclic amines) is 1. The maximum absolute atomic E-state index is 13.4. The van der Waals surface area contributed by atoms with Gasteiger partial charge < -0.3 is 15.3 Å². The van der Waals surface area contributed by atoms with E-state index in [-0.39, 0.29) is 29.5 Å². The van der Waals surface area contributed by atoms with E-state index in [9.17, 15) is 19.5 Å². The lowest BCUT2D eigenvalue weighted by Crippen LogP contribution is -2.59. The summed E-state index contributed by atoms with van der Waals surface area (Å²) in [6, 6.07) is -1.23. The molecule has 166 valence electrons. The fourth-order valence-electron chi connectivity index (χ4n) is 3.70. The summed E-state index contributed by atoms with van der Waals surface area (Å²) in [7, 11) is 3.63. The molecule has 1 unspecified atom stereocenters. The van der Waals surface area contributed by atoms with Gasteiger partial charge in [-0.05, 0) is 45.2 Å². The van der Waals surface area contributed by atoms with Crippen LogP contribution in [0, 0.1) is 5.41 Å². The van der Waals surface area contributed by atoms with Gasteiger partial charge in [-0.25, -0.2) is 4.79 Å². The molecule has 0 bridgehead atoms. The quantitative estimate of drug-likeness (QED) is 0.602. The minimum atomic E-state index is -0.993. The van der Waals surface area contributed by atoms with Crippen molar-refractivity contribution in [2.75, 3.05) is 20.6 Å². The van der Waals surface area contributed by atoms with Gasteiger partial charge in [0.2, 0.25) is 11.8 Å². The van der Waals surface area contributed by atoms with E-state index in [2.05, 4.69) is 5.32 Å². The van der Waals surface area contributed by atoms with Gasteiger partial charge in [-0.3, -0.25) is 14.5 Å². The second-order valence-corrected chi connectivity index (χ2v) is 9.26. The molecule has 2 amide bonds. The summed E-state index contributed by atoms with van der Waals surface area (Å²) in [5.41, 5.74) is -0.264. The Bertz CT molecular complexity index is 624. The summed E-state index contributed by atoms with van der Waals surface area (Å²) >= 11 is 0. The highest BCUT2D eigenvalue weighted by Crippen LogP contribution is 2.24. The number of nitrogens with zero attached hydrogens (tertiary/aromatic N) is 2. The third kappa shape index (κ3) is 7.14. The first-order valence-corrected chi connectivity index (χ1v) is 10.6. The van der Waals surface area contributed by atoms with Crippen LogP contribution in [0.25, 0.3) is 0 Å². The van der Waals surface area contributed by atoms with Crippen LogP contribution in [-0.2, 0) is 14.4 Å². The first kappa shape index (κ1) is 25.1. The van der Waals surface area contributed by atoms with E-state index in [0.717, 1.165) is 32.2 Å². The van der Waals surface area contributed by atoms with Gasteiger partial charge in [-0.2, -0.15) is 0 Å². The topological polar surface area (TPSA) is 90.0 Å². The Balaban J connectivity index is 3.06. The molecule has 0 radical (unpaired) electrons. The van der Waals surface area contributed by atoms with Gasteiger partial charge >= 0.3 is 5.97 Å². The molecule has 3 atom stereocenters. The highest BCUT2D eigenvalue weighted by atomic mass is 16.4. The van der Waals surface area contributed by atoms with Crippen molar-refractivity contribution in [3.8, 4) is 0 Å². The third-order valence-electron chi connectivity index (χ3n) is 5.68. The highest BCUT2D eigenvalue weighted by molar-refractivity contribution is 5.91. The Morgan fingerprint density at radius 3 is 2.38 bits per heavy atom. The maximum atomic E-state index is 13.4. The Morgan fingerprint density at radius 2 is 1.90 bits per heavy atom. The monoisotopic (exact) mass is 409 g/mol. The van der Waals surface area contributed by atoms with Crippen molar-refractivity contribution < 1.29 is 19.5 Å². The van der Waals surface area contributed by atoms with E-state index in [0.29, 0.717) is 6.42 Å². The van der Waals surface area contributed by atoms with Crippen molar-refractivity contribution >= 4 is 17.8 Å². The van der Waals surface area contributed by atoms with Crippen LogP contribution in [0.3, 0.4) is 0 Å². The van der Waals surface area contributed by atoms with Crippen molar-refractivity contribution in [1.82, 2.24) is 15.1 Å². The van der Waals surface area contributed by atoms with Crippen LogP contribution in [0.1, 0.15) is 66.7 Å². The predicted molar refractivity (Wildman–Crippen MR) is 115 cm³/mol.